The van der Waals surface area contributed by atoms with Crippen LogP contribution >= 0.6 is 11.6 Å². The molecule has 0 unspecified atom stereocenters. The van der Waals surface area contributed by atoms with Crippen LogP contribution in [-0.4, -0.2) is 0 Å². The smallest absolute Gasteiger partial charge is 0.224 e. The zero-order valence-corrected chi connectivity index (χ0v) is 10.3. The highest BCUT2D eigenvalue weighted by molar-refractivity contribution is 6.30. The highest BCUT2D eigenvalue weighted by Crippen LogP contribution is 2.22. The summed E-state index contributed by atoms with van der Waals surface area (Å²) in [6.45, 7) is 0. The quantitative estimate of drug-likeness (QED) is 0.480. The molecule has 0 fully saturated rings. The maximum Gasteiger partial charge on any atom is 0.224 e. The number of benzene rings is 2. The average molecular weight is 256 g/mol. The highest BCUT2D eigenvalue weighted by Gasteiger charge is 2.10. The van der Waals surface area contributed by atoms with E-state index in [0.717, 1.165) is 21.1 Å². The van der Waals surface area contributed by atoms with Crippen molar-refractivity contribution >= 4 is 22.4 Å². The molecule has 0 bridgehead atoms. The molecule has 0 spiro atoms. The normalized spacial score (nSPS) is 10.7. The van der Waals surface area contributed by atoms with Crippen molar-refractivity contribution in [1.82, 2.24) is 0 Å². The van der Waals surface area contributed by atoms with E-state index < -0.39 is 0 Å². The molecule has 1 heterocycles. The van der Waals surface area contributed by atoms with Crippen LogP contribution in [0.1, 0.15) is 0 Å². The summed E-state index contributed by atoms with van der Waals surface area (Å²) >= 11 is 5.85. The van der Waals surface area contributed by atoms with Crippen LogP contribution in [0, 0.1) is 5.21 Å². The zero-order chi connectivity index (χ0) is 12.5. The Morgan fingerprint density at radius 1 is 0.889 bits per heavy atom. The first-order valence-corrected chi connectivity index (χ1v) is 6.00. The maximum absolute atomic E-state index is 12.0. The Bertz CT molecular complexity index is 707. The van der Waals surface area contributed by atoms with Gasteiger partial charge in [0.15, 0.2) is 6.20 Å². The molecule has 0 N–H and O–H groups in total. The van der Waals surface area contributed by atoms with Crippen molar-refractivity contribution in [3.8, 4) is 11.3 Å². The molecular formula is C15H10ClNO. The first-order valence-electron chi connectivity index (χ1n) is 5.62. The van der Waals surface area contributed by atoms with Crippen molar-refractivity contribution in [3.63, 3.8) is 0 Å². The molecule has 0 aliphatic carbocycles. The molecule has 0 saturated heterocycles. The molecule has 0 atom stereocenters. The molecule has 88 valence electrons. The number of aromatic nitrogens is 1. The summed E-state index contributed by atoms with van der Waals surface area (Å²) in [5.74, 6) is 0. The SMILES string of the molecule is [O-][n+]1cc2ccccc2cc1-c1ccc(Cl)cc1. The number of halogens is 1. The molecule has 1 aromatic heterocycles. The Hall–Kier alpha value is -2.06. The summed E-state index contributed by atoms with van der Waals surface area (Å²) in [5, 5.41) is 14.7. The summed E-state index contributed by atoms with van der Waals surface area (Å²) in [6, 6.07) is 17.0. The molecule has 3 aromatic rings. The van der Waals surface area contributed by atoms with E-state index >= 15 is 0 Å². The third kappa shape index (κ3) is 1.91. The van der Waals surface area contributed by atoms with Gasteiger partial charge in [0.1, 0.15) is 0 Å². The molecule has 18 heavy (non-hydrogen) atoms. The molecule has 0 aliphatic heterocycles. The van der Waals surface area contributed by atoms with Crippen LogP contribution in [0.25, 0.3) is 22.0 Å². The van der Waals surface area contributed by atoms with Crippen LogP contribution in [0.15, 0.2) is 60.8 Å². The van der Waals surface area contributed by atoms with Gasteiger partial charge in [-0.15, -0.1) is 0 Å². The van der Waals surface area contributed by atoms with E-state index in [1.165, 1.54) is 0 Å². The van der Waals surface area contributed by atoms with Gasteiger partial charge in [0.05, 0.1) is 0 Å². The van der Waals surface area contributed by atoms with E-state index in [-0.39, 0.29) is 0 Å². The summed E-state index contributed by atoms with van der Waals surface area (Å²) in [5.41, 5.74) is 1.49. The van der Waals surface area contributed by atoms with Crippen molar-refractivity contribution < 1.29 is 4.73 Å². The Balaban J connectivity index is 2.22. The lowest BCUT2D eigenvalue weighted by atomic mass is 10.1. The Labute approximate surface area is 110 Å². The lowest BCUT2D eigenvalue weighted by Gasteiger charge is -2.06. The van der Waals surface area contributed by atoms with Crippen LogP contribution in [0.4, 0.5) is 0 Å². The molecule has 0 saturated carbocycles. The third-order valence-corrected chi connectivity index (χ3v) is 3.17. The summed E-state index contributed by atoms with van der Waals surface area (Å²) < 4.78 is 0.894. The fourth-order valence-electron chi connectivity index (χ4n) is 2.00. The number of pyridine rings is 1. The van der Waals surface area contributed by atoms with Gasteiger partial charge >= 0.3 is 0 Å². The van der Waals surface area contributed by atoms with Gasteiger partial charge in [0.25, 0.3) is 0 Å². The Morgan fingerprint density at radius 3 is 2.28 bits per heavy atom. The molecular weight excluding hydrogens is 246 g/mol. The Morgan fingerprint density at radius 2 is 1.56 bits per heavy atom. The molecule has 3 rings (SSSR count). The third-order valence-electron chi connectivity index (χ3n) is 2.92. The number of fused-ring (bicyclic) bond motifs is 1. The topological polar surface area (TPSA) is 26.9 Å². The minimum atomic E-state index is 0.630. The first kappa shape index (κ1) is 11.1. The van der Waals surface area contributed by atoms with Gasteiger partial charge < -0.3 is 5.21 Å². The molecule has 0 aliphatic rings. The molecule has 0 radical (unpaired) electrons. The van der Waals surface area contributed by atoms with Crippen LogP contribution in [-0.2, 0) is 0 Å². The lowest BCUT2D eigenvalue weighted by molar-refractivity contribution is -0.592. The van der Waals surface area contributed by atoms with Crippen LogP contribution in [0.5, 0.6) is 0 Å². The van der Waals surface area contributed by atoms with E-state index in [1.54, 1.807) is 18.3 Å². The second kappa shape index (κ2) is 4.31. The van der Waals surface area contributed by atoms with Gasteiger partial charge in [-0.25, -0.2) is 0 Å². The fourth-order valence-corrected chi connectivity index (χ4v) is 2.12. The van der Waals surface area contributed by atoms with Gasteiger partial charge in [-0.2, -0.15) is 4.73 Å². The lowest BCUT2D eigenvalue weighted by Crippen LogP contribution is -2.28. The van der Waals surface area contributed by atoms with E-state index in [9.17, 15) is 5.21 Å². The average Bonchev–Trinajstić information content (AvgIpc) is 2.39. The summed E-state index contributed by atoms with van der Waals surface area (Å²) in [6.07, 6.45) is 1.60. The minimum absolute atomic E-state index is 0.630. The zero-order valence-electron chi connectivity index (χ0n) is 9.51. The predicted molar refractivity (Wildman–Crippen MR) is 73.4 cm³/mol. The van der Waals surface area contributed by atoms with E-state index in [0.29, 0.717) is 10.7 Å². The highest BCUT2D eigenvalue weighted by atomic mass is 35.5. The van der Waals surface area contributed by atoms with Crippen molar-refractivity contribution in [2.24, 2.45) is 0 Å². The first-order chi connectivity index (χ1) is 8.74. The van der Waals surface area contributed by atoms with Gasteiger partial charge in [0, 0.05) is 22.0 Å². The van der Waals surface area contributed by atoms with Gasteiger partial charge in [-0.1, -0.05) is 29.8 Å². The summed E-state index contributed by atoms with van der Waals surface area (Å²) in [7, 11) is 0. The van der Waals surface area contributed by atoms with Gasteiger partial charge in [-0.05, 0) is 35.7 Å². The van der Waals surface area contributed by atoms with E-state index in [4.69, 9.17) is 11.6 Å². The maximum atomic E-state index is 12.0. The van der Waals surface area contributed by atoms with E-state index in [1.807, 2.05) is 42.5 Å². The van der Waals surface area contributed by atoms with Gasteiger partial charge in [0.2, 0.25) is 5.69 Å². The van der Waals surface area contributed by atoms with Crippen LogP contribution in [0.3, 0.4) is 0 Å². The monoisotopic (exact) mass is 255 g/mol. The number of rotatable bonds is 1. The van der Waals surface area contributed by atoms with Crippen molar-refractivity contribution in [1.29, 1.82) is 0 Å². The molecule has 2 aromatic carbocycles. The predicted octanol–water partition coefficient (Wildman–Crippen LogP) is 3.79. The number of nitrogens with zero attached hydrogens (tertiary/aromatic N) is 1. The molecule has 3 heteroatoms. The van der Waals surface area contributed by atoms with Crippen LogP contribution < -0.4 is 4.73 Å². The fraction of sp³-hybridized carbons (Fsp3) is 0. The van der Waals surface area contributed by atoms with Crippen molar-refractivity contribution in [3.05, 3.63) is 71.0 Å². The molecule has 0 amide bonds. The minimum Gasteiger partial charge on any atom is -0.618 e. The molecule has 2 nitrogen and oxygen atoms in total. The van der Waals surface area contributed by atoms with E-state index in [2.05, 4.69) is 0 Å². The largest absolute Gasteiger partial charge is 0.618 e. The van der Waals surface area contributed by atoms with Crippen LogP contribution in [0.2, 0.25) is 5.02 Å². The number of hydrogen-bond donors (Lipinski definition) is 0. The Kier molecular flexibility index (Phi) is 2.65. The summed E-state index contributed by atoms with van der Waals surface area (Å²) in [4.78, 5) is 0. The second-order valence-corrected chi connectivity index (χ2v) is 4.56. The van der Waals surface area contributed by atoms with Gasteiger partial charge in [-0.3, -0.25) is 0 Å². The standard InChI is InChI=1S/C15H10ClNO/c16-14-7-5-11(6-8-14)15-9-12-3-1-2-4-13(12)10-17(15)18/h1-10H. The second-order valence-electron chi connectivity index (χ2n) is 4.12. The van der Waals surface area contributed by atoms with Crippen molar-refractivity contribution in [2.45, 2.75) is 0 Å². The number of hydrogen-bond acceptors (Lipinski definition) is 1. The van der Waals surface area contributed by atoms with Crippen molar-refractivity contribution in [2.75, 3.05) is 0 Å².